The standard InChI is InChI=1S/C28H19Cl2F3N2O5/c29-18-2-1-3-19(30)23(18)24-16(26(40-35-24)13-4-5-13)12-38-22-9-8-20-25(34-22)17(28(31,32)33)10-14-6-7-15(27(36)37)11-21(14)39-20/h1-3,6-9,11,13,17H,4-5,10,12H2,(H,36,37)/t17-/m1/s1. The van der Waals surface area contributed by atoms with E-state index in [0.29, 0.717) is 32.6 Å². The first-order chi connectivity index (χ1) is 19.1. The molecular formula is C28H19Cl2F3N2O5. The van der Waals surface area contributed by atoms with Gasteiger partial charge in [-0.25, -0.2) is 9.78 Å². The Labute approximate surface area is 235 Å². The Hall–Kier alpha value is -3.76. The van der Waals surface area contributed by atoms with Gasteiger partial charge in [-0.15, -0.1) is 0 Å². The second-order valence-corrected chi connectivity index (χ2v) is 10.4. The highest BCUT2D eigenvalue weighted by atomic mass is 35.5. The summed E-state index contributed by atoms with van der Waals surface area (Å²) in [4.78, 5) is 15.6. The molecule has 206 valence electrons. The van der Waals surface area contributed by atoms with Crippen LogP contribution in [0.25, 0.3) is 11.3 Å². The molecule has 0 spiro atoms. The molecule has 1 atom stereocenters. The molecule has 1 fully saturated rings. The fourth-order valence-corrected chi connectivity index (χ4v) is 5.29. The molecule has 2 aliphatic rings. The maximum absolute atomic E-state index is 14.2. The number of ether oxygens (including phenoxy) is 2. The summed E-state index contributed by atoms with van der Waals surface area (Å²) < 4.78 is 60.0. The van der Waals surface area contributed by atoms with Crippen LogP contribution in [-0.4, -0.2) is 27.4 Å². The number of nitrogens with zero attached hydrogens (tertiary/aromatic N) is 2. The summed E-state index contributed by atoms with van der Waals surface area (Å²) in [6.45, 7) is -0.0995. The van der Waals surface area contributed by atoms with E-state index in [1.165, 1.54) is 30.3 Å². The summed E-state index contributed by atoms with van der Waals surface area (Å²) >= 11 is 12.8. The molecule has 0 unspecified atom stereocenters. The Balaban J connectivity index is 1.35. The van der Waals surface area contributed by atoms with Crippen LogP contribution in [0, 0.1) is 0 Å². The van der Waals surface area contributed by atoms with Crippen molar-refractivity contribution in [1.82, 2.24) is 10.1 Å². The van der Waals surface area contributed by atoms with Gasteiger partial charge >= 0.3 is 12.1 Å². The molecule has 2 aromatic carbocycles. The average molecular weight is 591 g/mol. The first kappa shape index (κ1) is 26.5. The third kappa shape index (κ3) is 4.97. The summed E-state index contributed by atoms with van der Waals surface area (Å²) in [6, 6.07) is 11.5. The molecular weight excluding hydrogens is 572 g/mol. The molecule has 1 saturated carbocycles. The van der Waals surface area contributed by atoms with Crippen LogP contribution in [0.2, 0.25) is 10.0 Å². The first-order valence-corrected chi connectivity index (χ1v) is 13.0. The Bertz CT molecular complexity index is 1610. The predicted octanol–water partition coefficient (Wildman–Crippen LogP) is 8.19. The van der Waals surface area contributed by atoms with E-state index in [1.54, 1.807) is 18.2 Å². The number of carbonyl (C=O) groups is 1. The monoisotopic (exact) mass is 590 g/mol. The van der Waals surface area contributed by atoms with E-state index in [1.807, 2.05) is 0 Å². The number of hydrogen-bond acceptors (Lipinski definition) is 6. The highest BCUT2D eigenvalue weighted by Crippen LogP contribution is 2.48. The van der Waals surface area contributed by atoms with Crippen LogP contribution in [0.5, 0.6) is 17.4 Å². The number of carboxylic acids is 1. The summed E-state index contributed by atoms with van der Waals surface area (Å²) in [5.74, 6) is -2.63. The number of rotatable bonds is 6. The summed E-state index contributed by atoms with van der Waals surface area (Å²) in [7, 11) is 0. The van der Waals surface area contributed by atoms with Crippen molar-refractivity contribution in [2.24, 2.45) is 0 Å². The minimum Gasteiger partial charge on any atom is -0.478 e. The fraction of sp³-hybridized carbons (Fsp3) is 0.250. The van der Waals surface area contributed by atoms with Crippen molar-refractivity contribution in [2.75, 3.05) is 0 Å². The predicted molar refractivity (Wildman–Crippen MR) is 138 cm³/mol. The molecule has 40 heavy (non-hydrogen) atoms. The fourth-order valence-electron chi connectivity index (χ4n) is 4.71. The molecule has 12 heteroatoms. The number of pyridine rings is 1. The molecule has 0 amide bonds. The van der Waals surface area contributed by atoms with Gasteiger partial charge in [0.25, 0.3) is 0 Å². The number of halogens is 5. The summed E-state index contributed by atoms with van der Waals surface area (Å²) in [5, 5.41) is 14.2. The topological polar surface area (TPSA) is 94.7 Å². The number of aromatic carboxylic acids is 1. The minimum atomic E-state index is -4.65. The maximum Gasteiger partial charge on any atom is 0.397 e. The zero-order chi connectivity index (χ0) is 28.2. The average Bonchev–Trinajstić information content (AvgIpc) is 3.69. The van der Waals surface area contributed by atoms with E-state index in [2.05, 4.69) is 10.1 Å². The lowest BCUT2D eigenvalue weighted by atomic mass is 9.94. The van der Waals surface area contributed by atoms with Gasteiger partial charge in [-0.05, 0) is 55.2 Å². The molecule has 1 aliphatic heterocycles. The molecule has 3 heterocycles. The van der Waals surface area contributed by atoms with Crippen LogP contribution >= 0.6 is 23.2 Å². The van der Waals surface area contributed by atoms with Crippen LogP contribution in [-0.2, 0) is 13.0 Å². The van der Waals surface area contributed by atoms with Crippen LogP contribution < -0.4 is 9.47 Å². The van der Waals surface area contributed by atoms with E-state index in [4.69, 9.17) is 37.2 Å². The number of carboxylic acid groups (broad SMARTS) is 1. The van der Waals surface area contributed by atoms with Gasteiger partial charge in [0.15, 0.2) is 0 Å². The van der Waals surface area contributed by atoms with Crippen molar-refractivity contribution in [3.05, 3.63) is 86.7 Å². The van der Waals surface area contributed by atoms with Crippen LogP contribution in [0.4, 0.5) is 13.2 Å². The van der Waals surface area contributed by atoms with E-state index in [9.17, 15) is 23.1 Å². The highest BCUT2D eigenvalue weighted by molar-refractivity contribution is 6.39. The Morgan fingerprint density at radius 3 is 2.50 bits per heavy atom. The van der Waals surface area contributed by atoms with Crippen LogP contribution in [0.3, 0.4) is 0 Å². The largest absolute Gasteiger partial charge is 0.478 e. The maximum atomic E-state index is 14.2. The molecule has 4 aromatic rings. The van der Waals surface area contributed by atoms with E-state index >= 15 is 0 Å². The lowest BCUT2D eigenvalue weighted by Gasteiger charge is -2.19. The third-order valence-electron chi connectivity index (χ3n) is 6.87. The van der Waals surface area contributed by atoms with Crippen molar-refractivity contribution in [3.63, 3.8) is 0 Å². The summed E-state index contributed by atoms with van der Waals surface area (Å²) in [6.07, 6.45) is -3.32. The number of alkyl halides is 3. The van der Waals surface area contributed by atoms with Crippen LogP contribution in [0.15, 0.2) is 53.1 Å². The Morgan fingerprint density at radius 1 is 1.07 bits per heavy atom. The van der Waals surface area contributed by atoms with Gasteiger partial charge in [0.05, 0.1) is 26.9 Å². The Morgan fingerprint density at radius 2 is 1.82 bits per heavy atom. The zero-order valence-corrected chi connectivity index (χ0v) is 22.0. The van der Waals surface area contributed by atoms with E-state index in [-0.39, 0.29) is 46.7 Å². The van der Waals surface area contributed by atoms with Gasteiger partial charge in [0.2, 0.25) is 5.88 Å². The number of aromatic nitrogens is 2. The molecule has 0 radical (unpaired) electrons. The van der Waals surface area contributed by atoms with Gasteiger partial charge in [0.1, 0.15) is 35.5 Å². The van der Waals surface area contributed by atoms with Gasteiger partial charge in [0, 0.05) is 17.5 Å². The quantitative estimate of drug-likeness (QED) is 0.242. The normalized spacial score (nSPS) is 16.5. The van der Waals surface area contributed by atoms with Crippen molar-refractivity contribution in [3.8, 4) is 28.6 Å². The molecule has 1 N–H and O–H groups in total. The van der Waals surface area contributed by atoms with Crippen LogP contribution in [0.1, 0.15) is 57.6 Å². The van der Waals surface area contributed by atoms with Crippen molar-refractivity contribution in [1.29, 1.82) is 0 Å². The van der Waals surface area contributed by atoms with E-state index < -0.39 is 24.5 Å². The molecule has 2 aromatic heterocycles. The minimum absolute atomic E-state index is 0.0307. The highest BCUT2D eigenvalue weighted by Gasteiger charge is 2.45. The second-order valence-electron chi connectivity index (χ2n) is 9.59. The molecule has 0 saturated heterocycles. The molecule has 7 nitrogen and oxygen atoms in total. The number of hydrogen-bond donors (Lipinski definition) is 1. The molecule has 6 rings (SSSR count). The van der Waals surface area contributed by atoms with Crippen molar-refractivity contribution in [2.45, 2.75) is 43.9 Å². The SMILES string of the molecule is O=C(O)c1ccc2c(c1)Oc1ccc(OCc3c(-c4c(Cl)cccc4Cl)noc3C3CC3)nc1[C@H](C(F)(F)F)C2. The van der Waals surface area contributed by atoms with Gasteiger partial charge < -0.3 is 19.1 Å². The van der Waals surface area contributed by atoms with Crippen molar-refractivity contribution < 1.29 is 37.1 Å². The lowest BCUT2D eigenvalue weighted by molar-refractivity contribution is -0.151. The molecule has 1 aliphatic carbocycles. The second kappa shape index (κ2) is 10.0. The smallest absolute Gasteiger partial charge is 0.397 e. The van der Waals surface area contributed by atoms with Gasteiger partial charge in [-0.1, -0.05) is 40.5 Å². The molecule has 0 bridgehead atoms. The van der Waals surface area contributed by atoms with E-state index in [0.717, 1.165) is 12.8 Å². The number of fused-ring (bicyclic) bond motifs is 2. The first-order valence-electron chi connectivity index (χ1n) is 12.3. The lowest BCUT2D eigenvalue weighted by Crippen LogP contribution is -2.23. The number of benzene rings is 2. The van der Waals surface area contributed by atoms with Gasteiger partial charge in [-0.2, -0.15) is 13.2 Å². The van der Waals surface area contributed by atoms with Crippen molar-refractivity contribution >= 4 is 29.2 Å². The third-order valence-corrected chi connectivity index (χ3v) is 7.50. The van der Waals surface area contributed by atoms with Gasteiger partial charge in [-0.3, -0.25) is 0 Å². The Kier molecular flexibility index (Phi) is 6.62. The zero-order valence-electron chi connectivity index (χ0n) is 20.5. The summed E-state index contributed by atoms with van der Waals surface area (Å²) in [5.41, 5.74) is 1.21.